The largest absolute Gasteiger partial charge is 0.495 e. The van der Waals surface area contributed by atoms with Gasteiger partial charge in [-0.15, -0.1) is 0 Å². The van der Waals surface area contributed by atoms with Gasteiger partial charge in [-0.25, -0.2) is 4.98 Å². The van der Waals surface area contributed by atoms with Gasteiger partial charge in [0.1, 0.15) is 11.6 Å². The second-order valence-electron chi connectivity index (χ2n) is 5.62. The Labute approximate surface area is 146 Å². The number of methoxy groups -OCH3 is 1. The Hall–Kier alpha value is -3.09. The number of para-hydroxylation sites is 2. The van der Waals surface area contributed by atoms with E-state index >= 15 is 0 Å². The van der Waals surface area contributed by atoms with E-state index in [4.69, 9.17) is 4.74 Å². The first kappa shape index (κ1) is 16.8. The number of benzene rings is 1. The van der Waals surface area contributed by atoms with Crippen LogP contribution >= 0.6 is 0 Å². The Balaban J connectivity index is 1.58. The molecule has 1 saturated heterocycles. The van der Waals surface area contributed by atoms with E-state index in [2.05, 4.69) is 15.2 Å². The minimum Gasteiger partial charge on any atom is -0.495 e. The van der Waals surface area contributed by atoms with Crippen LogP contribution in [0.2, 0.25) is 0 Å². The van der Waals surface area contributed by atoms with E-state index in [1.807, 2.05) is 24.3 Å². The lowest BCUT2D eigenvalue weighted by atomic mass is 10.2. The second-order valence-corrected chi connectivity index (χ2v) is 5.62. The van der Waals surface area contributed by atoms with Crippen LogP contribution in [0.5, 0.6) is 5.75 Å². The summed E-state index contributed by atoms with van der Waals surface area (Å²) in [7, 11) is 1.64. The van der Waals surface area contributed by atoms with Crippen LogP contribution in [0.3, 0.4) is 0 Å². The third-order valence-corrected chi connectivity index (χ3v) is 4.09. The molecule has 1 aromatic carbocycles. The summed E-state index contributed by atoms with van der Waals surface area (Å²) in [5.74, 6) is -0.0292. The topological polar surface area (TPSA) is 74.8 Å². The zero-order valence-electron chi connectivity index (χ0n) is 14.0. The molecule has 0 unspecified atom stereocenters. The fourth-order valence-corrected chi connectivity index (χ4v) is 2.79. The van der Waals surface area contributed by atoms with Crippen LogP contribution in [-0.4, -0.2) is 55.0 Å². The quantitative estimate of drug-likeness (QED) is 0.855. The van der Waals surface area contributed by atoms with Crippen LogP contribution in [0.1, 0.15) is 0 Å². The first-order valence-electron chi connectivity index (χ1n) is 8.08. The number of nitrogens with zero attached hydrogens (tertiary/aromatic N) is 3. The molecule has 1 aliphatic rings. The summed E-state index contributed by atoms with van der Waals surface area (Å²) < 4.78 is 5.38. The highest BCUT2D eigenvalue weighted by atomic mass is 16.5. The SMILES string of the molecule is COc1ccccc1N1CCN(C(=O)C(=O)Nc2ccccn2)CC1. The van der Waals surface area contributed by atoms with E-state index in [9.17, 15) is 9.59 Å². The van der Waals surface area contributed by atoms with Crippen molar-refractivity contribution in [2.24, 2.45) is 0 Å². The van der Waals surface area contributed by atoms with Gasteiger partial charge in [-0.05, 0) is 24.3 Å². The highest BCUT2D eigenvalue weighted by Crippen LogP contribution is 2.28. The molecule has 0 aliphatic carbocycles. The van der Waals surface area contributed by atoms with E-state index < -0.39 is 11.8 Å². The van der Waals surface area contributed by atoms with Crippen molar-refractivity contribution in [3.63, 3.8) is 0 Å². The minimum atomic E-state index is -0.663. The van der Waals surface area contributed by atoms with Crippen molar-refractivity contribution in [3.05, 3.63) is 48.7 Å². The molecule has 0 spiro atoms. The molecular weight excluding hydrogens is 320 g/mol. The molecule has 7 nitrogen and oxygen atoms in total. The Morgan fingerprint density at radius 1 is 1.04 bits per heavy atom. The Morgan fingerprint density at radius 2 is 1.76 bits per heavy atom. The van der Waals surface area contributed by atoms with Crippen molar-refractivity contribution in [1.82, 2.24) is 9.88 Å². The van der Waals surface area contributed by atoms with E-state index in [1.54, 1.807) is 36.4 Å². The number of anilines is 2. The number of aromatic nitrogens is 1. The monoisotopic (exact) mass is 340 g/mol. The number of nitrogens with one attached hydrogen (secondary N) is 1. The van der Waals surface area contributed by atoms with Crippen molar-refractivity contribution in [2.45, 2.75) is 0 Å². The number of hydrogen-bond donors (Lipinski definition) is 1. The molecule has 2 aromatic rings. The highest BCUT2D eigenvalue weighted by Gasteiger charge is 2.27. The molecule has 130 valence electrons. The predicted octanol–water partition coefficient (Wildman–Crippen LogP) is 1.38. The maximum Gasteiger partial charge on any atom is 0.315 e. The molecule has 0 bridgehead atoms. The van der Waals surface area contributed by atoms with E-state index in [0.717, 1.165) is 11.4 Å². The molecular formula is C18H20N4O3. The van der Waals surface area contributed by atoms with E-state index in [0.29, 0.717) is 32.0 Å². The number of carbonyl (C=O) groups is 2. The van der Waals surface area contributed by atoms with Crippen LogP contribution in [0, 0.1) is 0 Å². The number of ether oxygens (including phenoxy) is 1. The van der Waals surface area contributed by atoms with Gasteiger partial charge >= 0.3 is 11.8 Å². The number of amides is 2. The van der Waals surface area contributed by atoms with Gasteiger partial charge in [0.2, 0.25) is 0 Å². The summed E-state index contributed by atoms with van der Waals surface area (Å²) in [5.41, 5.74) is 0.995. The predicted molar refractivity (Wildman–Crippen MR) is 94.7 cm³/mol. The molecule has 1 aliphatic heterocycles. The molecule has 0 saturated carbocycles. The average molecular weight is 340 g/mol. The Kier molecular flexibility index (Phi) is 5.13. The number of hydrogen-bond acceptors (Lipinski definition) is 5. The Bertz CT molecular complexity index is 743. The van der Waals surface area contributed by atoms with Gasteiger partial charge in [0.25, 0.3) is 0 Å². The lowest BCUT2D eigenvalue weighted by Crippen LogP contribution is -2.51. The van der Waals surface area contributed by atoms with E-state index in [-0.39, 0.29) is 0 Å². The van der Waals surface area contributed by atoms with Gasteiger partial charge in [-0.3, -0.25) is 9.59 Å². The molecule has 1 N–H and O–H groups in total. The van der Waals surface area contributed by atoms with Crippen molar-refractivity contribution in [2.75, 3.05) is 43.5 Å². The number of carbonyl (C=O) groups excluding carboxylic acids is 2. The fourth-order valence-electron chi connectivity index (χ4n) is 2.79. The summed E-state index contributed by atoms with van der Waals surface area (Å²) in [6, 6.07) is 12.9. The van der Waals surface area contributed by atoms with Crippen LogP contribution in [0.15, 0.2) is 48.7 Å². The fraction of sp³-hybridized carbons (Fsp3) is 0.278. The molecule has 2 heterocycles. The van der Waals surface area contributed by atoms with Gasteiger partial charge in [0.15, 0.2) is 0 Å². The zero-order valence-corrected chi connectivity index (χ0v) is 14.0. The van der Waals surface area contributed by atoms with Gasteiger partial charge < -0.3 is 19.9 Å². The molecule has 7 heteroatoms. The van der Waals surface area contributed by atoms with Gasteiger partial charge in [-0.2, -0.15) is 0 Å². The molecule has 25 heavy (non-hydrogen) atoms. The van der Waals surface area contributed by atoms with Gasteiger partial charge in [-0.1, -0.05) is 18.2 Å². The van der Waals surface area contributed by atoms with Crippen LogP contribution in [-0.2, 0) is 9.59 Å². The third kappa shape index (κ3) is 3.88. The molecule has 1 fully saturated rings. The van der Waals surface area contributed by atoms with Crippen molar-refractivity contribution in [3.8, 4) is 5.75 Å². The van der Waals surface area contributed by atoms with Gasteiger partial charge in [0.05, 0.1) is 12.8 Å². The zero-order chi connectivity index (χ0) is 17.6. The normalized spacial score (nSPS) is 14.1. The van der Waals surface area contributed by atoms with Crippen molar-refractivity contribution >= 4 is 23.3 Å². The first-order valence-corrected chi connectivity index (χ1v) is 8.08. The summed E-state index contributed by atoms with van der Waals surface area (Å²) in [4.78, 5) is 32.1. The van der Waals surface area contributed by atoms with Crippen molar-refractivity contribution in [1.29, 1.82) is 0 Å². The average Bonchev–Trinajstić information content (AvgIpc) is 2.68. The van der Waals surface area contributed by atoms with Gasteiger partial charge in [0, 0.05) is 32.4 Å². The highest BCUT2D eigenvalue weighted by molar-refractivity contribution is 6.39. The standard InChI is InChI=1S/C18H20N4O3/c1-25-15-7-3-2-6-14(15)21-10-12-22(13-11-21)18(24)17(23)20-16-8-4-5-9-19-16/h2-9H,10-13H2,1H3,(H,19,20,23). The van der Waals surface area contributed by atoms with Crippen LogP contribution in [0.25, 0.3) is 0 Å². The number of pyridine rings is 1. The first-order chi connectivity index (χ1) is 12.2. The lowest BCUT2D eigenvalue weighted by molar-refractivity contribution is -0.143. The van der Waals surface area contributed by atoms with E-state index in [1.165, 1.54) is 0 Å². The summed E-state index contributed by atoms with van der Waals surface area (Å²) in [6.45, 7) is 2.24. The molecule has 2 amide bonds. The molecule has 1 aromatic heterocycles. The smallest absolute Gasteiger partial charge is 0.315 e. The van der Waals surface area contributed by atoms with Crippen LogP contribution in [0.4, 0.5) is 11.5 Å². The lowest BCUT2D eigenvalue weighted by Gasteiger charge is -2.36. The molecule has 0 atom stereocenters. The second kappa shape index (κ2) is 7.65. The maximum atomic E-state index is 12.3. The summed E-state index contributed by atoms with van der Waals surface area (Å²) in [5, 5.41) is 2.53. The maximum absolute atomic E-state index is 12.3. The molecule has 3 rings (SSSR count). The minimum absolute atomic E-state index is 0.369. The number of rotatable bonds is 3. The molecule has 0 radical (unpaired) electrons. The van der Waals surface area contributed by atoms with Crippen molar-refractivity contribution < 1.29 is 14.3 Å². The number of piperazine rings is 1. The third-order valence-electron chi connectivity index (χ3n) is 4.09. The van der Waals surface area contributed by atoms with Crippen LogP contribution < -0.4 is 15.0 Å². The Morgan fingerprint density at radius 3 is 2.44 bits per heavy atom. The summed E-state index contributed by atoms with van der Waals surface area (Å²) >= 11 is 0. The summed E-state index contributed by atoms with van der Waals surface area (Å²) in [6.07, 6.45) is 1.56.